The fourth-order valence-electron chi connectivity index (χ4n) is 2.77. The number of allylic oxidation sites excluding steroid dienone is 1. The van der Waals surface area contributed by atoms with Crippen LogP contribution in [0.4, 0.5) is 5.69 Å². The van der Waals surface area contributed by atoms with Crippen molar-refractivity contribution in [3.63, 3.8) is 0 Å². The molecule has 2 aromatic carbocycles. The zero-order valence-electron chi connectivity index (χ0n) is 15.6. The van der Waals surface area contributed by atoms with E-state index in [1.807, 2.05) is 68.1 Å². The highest BCUT2D eigenvalue weighted by atomic mass is 35.5. The molecule has 1 N–H and O–H groups in total. The number of ether oxygens (including phenoxy) is 1. The first kappa shape index (κ1) is 19.7. The SMILES string of the molecule is C=C(C)N1C(=N)CN=C(c2ccc(Cl)cc2)c2cc(OC)ccc21.CC. The van der Waals surface area contributed by atoms with E-state index in [0.29, 0.717) is 10.9 Å². The van der Waals surface area contributed by atoms with Gasteiger partial charge in [0.15, 0.2) is 0 Å². The van der Waals surface area contributed by atoms with Crippen LogP contribution in [0.15, 0.2) is 59.7 Å². The van der Waals surface area contributed by atoms with Gasteiger partial charge in [-0.1, -0.05) is 44.2 Å². The van der Waals surface area contributed by atoms with E-state index in [2.05, 4.69) is 11.6 Å². The number of halogens is 1. The van der Waals surface area contributed by atoms with Crippen molar-refractivity contribution in [2.24, 2.45) is 4.99 Å². The van der Waals surface area contributed by atoms with Gasteiger partial charge in [0.2, 0.25) is 0 Å². The van der Waals surface area contributed by atoms with Crippen molar-refractivity contribution in [3.05, 3.63) is 70.9 Å². The molecule has 2 aromatic rings. The summed E-state index contributed by atoms with van der Waals surface area (Å²) in [7, 11) is 1.64. The highest BCUT2D eigenvalue weighted by molar-refractivity contribution is 6.30. The standard InChI is InChI=1S/C19H18ClN3O.C2H6/c1-12(2)23-17-9-8-15(24-3)10-16(17)19(22-11-18(23)21)13-4-6-14(20)7-5-13;1-2/h4-10,21H,1,11H2,2-3H3;1-2H3. The molecular formula is C21H24ClN3O. The van der Waals surface area contributed by atoms with Crippen molar-refractivity contribution in [2.75, 3.05) is 18.6 Å². The number of anilines is 1. The zero-order valence-corrected chi connectivity index (χ0v) is 16.4. The minimum Gasteiger partial charge on any atom is -0.497 e. The van der Waals surface area contributed by atoms with Crippen LogP contribution in [0, 0.1) is 5.41 Å². The average Bonchev–Trinajstić information content (AvgIpc) is 2.79. The number of nitrogens with zero attached hydrogens (tertiary/aromatic N) is 2. The highest BCUT2D eigenvalue weighted by Gasteiger charge is 2.24. The molecule has 0 atom stereocenters. The molecule has 4 nitrogen and oxygen atoms in total. The summed E-state index contributed by atoms with van der Waals surface area (Å²) >= 11 is 6.00. The second-order valence-electron chi connectivity index (χ2n) is 5.57. The third-order valence-electron chi connectivity index (χ3n) is 3.86. The van der Waals surface area contributed by atoms with Crippen LogP contribution in [0.1, 0.15) is 31.9 Å². The molecule has 1 heterocycles. The van der Waals surface area contributed by atoms with E-state index >= 15 is 0 Å². The molecule has 0 aliphatic carbocycles. The Balaban J connectivity index is 0.00000117. The molecule has 0 amide bonds. The summed E-state index contributed by atoms with van der Waals surface area (Å²) < 4.78 is 5.38. The van der Waals surface area contributed by atoms with Crippen molar-refractivity contribution in [1.29, 1.82) is 5.41 Å². The number of amidine groups is 1. The number of rotatable bonds is 3. The molecule has 136 valence electrons. The van der Waals surface area contributed by atoms with Crippen molar-refractivity contribution >= 4 is 28.8 Å². The number of nitrogens with one attached hydrogen (secondary N) is 1. The maximum absolute atomic E-state index is 8.34. The van der Waals surface area contributed by atoms with Gasteiger partial charge in [-0.3, -0.25) is 10.4 Å². The van der Waals surface area contributed by atoms with E-state index in [9.17, 15) is 0 Å². The van der Waals surface area contributed by atoms with Gasteiger partial charge in [0.1, 0.15) is 11.6 Å². The van der Waals surface area contributed by atoms with Crippen LogP contribution in [0.5, 0.6) is 5.75 Å². The van der Waals surface area contributed by atoms with Gasteiger partial charge < -0.3 is 9.64 Å². The molecule has 0 saturated heterocycles. The third-order valence-corrected chi connectivity index (χ3v) is 4.11. The van der Waals surface area contributed by atoms with Gasteiger partial charge >= 0.3 is 0 Å². The molecule has 5 heteroatoms. The smallest absolute Gasteiger partial charge is 0.127 e. The fraction of sp³-hybridized carbons (Fsp3) is 0.238. The number of aliphatic imine (C=N–C) groups is 1. The van der Waals surface area contributed by atoms with E-state index in [0.717, 1.165) is 34.0 Å². The summed E-state index contributed by atoms with van der Waals surface area (Å²) in [5.74, 6) is 1.13. The summed E-state index contributed by atoms with van der Waals surface area (Å²) in [5.41, 5.74) is 4.32. The predicted octanol–water partition coefficient (Wildman–Crippen LogP) is 5.54. The number of hydrogen-bond acceptors (Lipinski definition) is 3. The molecule has 0 radical (unpaired) electrons. The first-order chi connectivity index (χ1) is 12.5. The minimum atomic E-state index is 0.280. The number of fused-ring (bicyclic) bond motifs is 1. The van der Waals surface area contributed by atoms with Gasteiger partial charge in [-0.2, -0.15) is 0 Å². The second kappa shape index (κ2) is 8.68. The maximum atomic E-state index is 8.34. The van der Waals surface area contributed by atoms with Gasteiger partial charge in [0.25, 0.3) is 0 Å². The summed E-state index contributed by atoms with van der Waals surface area (Å²) in [5, 5.41) is 9.01. The molecule has 26 heavy (non-hydrogen) atoms. The van der Waals surface area contributed by atoms with Crippen molar-refractivity contribution in [3.8, 4) is 5.75 Å². The van der Waals surface area contributed by atoms with Crippen LogP contribution in [-0.4, -0.2) is 25.2 Å². The Morgan fingerprint density at radius 2 is 1.85 bits per heavy atom. The van der Waals surface area contributed by atoms with Gasteiger partial charge in [-0.15, -0.1) is 0 Å². The quantitative estimate of drug-likeness (QED) is 0.771. The lowest BCUT2D eigenvalue weighted by Crippen LogP contribution is -2.29. The Morgan fingerprint density at radius 3 is 2.42 bits per heavy atom. The van der Waals surface area contributed by atoms with Crippen LogP contribution < -0.4 is 9.64 Å². The highest BCUT2D eigenvalue weighted by Crippen LogP contribution is 2.32. The maximum Gasteiger partial charge on any atom is 0.127 e. The molecule has 0 aromatic heterocycles. The van der Waals surface area contributed by atoms with Crippen LogP contribution in [0.3, 0.4) is 0 Å². The van der Waals surface area contributed by atoms with Crippen LogP contribution in [0.2, 0.25) is 5.02 Å². The van der Waals surface area contributed by atoms with E-state index in [-0.39, 0.29) is 6.54 Å². The predicted molar refractivity (Wildman–Crippen MR) is 111 cm³/mol. The summed E-state index contributed by atoms with van der Waals surface area (Å²) in [6, 6.07) is 13.3. The lowest BCUT2D eigenvalue weighted by molar-refractivity contribution is 0.415. The number of methoxy groups -OCH3 is 1. The second-order valence-corrected chi connectivity index (χ2v) is 6.01. The average molecular weight is 370 g/mol. The molecule has 0 saturated carbocycles. The zero-order chi connectivity index (χ0) is 19.3. The Hall–Kier alpha value is -2.59. The normalized spacial score (nSPS) is 13.0. The molecule has 1 aliphatic heterocycles. The summed E-state index contributed by atoms with van der Waals surface area (Å²) in [4.78, 5) is 6.48. The molecule has 0 fully saturated rings. The van der Waals surface area contributed by atoms with Crippen molar-refractivity contribution in [2.45, 2.75) is 20.8 Å². The van der Waals surface area contributed by atoms with E-state index in [1.54, 1.807) is 7.11 Å². The lowest BCUT2D eigenvalue weighted by Gasteiger charge is -2.25. The van der Waals surface area contributed by atoms with E-state index in [1.165, 1.54) is 0 Å². The number of hydrogen-bond donors (Lipinski definition) is 1. The first-order valence-electron chi connectivity index (χ1n) is 8.53. The Labute approximate surface area is 160 Å². The lowest BCUT2D eigenvalue weighted by atomic mass is 9.99. The largest absolute Gasteiger partial charge is 0.497 e. The Morgan fingerprint density at radius 1 is 1.19 bits per heavy atom. The Kier molecular flexibility index (Phi) is 6.58. The summed E-state index contributed by atoms with van der Waals surface area (Å²) in [6.45, 7) is 10.2. The molecular weight excluding hydrogens is 346 g/mol. The van der Waals surface area contributed by atoms with Gasteiger partial charge in [-0.05, 0) is 37.3 Å². The van der Waals surface area contributed by atoms with Gasteiger partial charge in [0, 0.05) is 21.8 Å². The first-order valence-corrected chi connectivity index (χ1v) is 8.91. The number of benzene rings is 2. The van der Waals surface area contributed by atoms with Crippen LogP contribution in [0.25, 0.3) is 0 Å². The minimum absolute atomic E-state index is 0.280. The van der Waals surface area contributed by atoms with Gasteiger partial charge in [0.05, 0.1) is 25.1 Å². The monoisotopic (exact) mass is 369 g/mol. The van der Waals surface area contributed by atoms with Crippen molar-refractivity contribution in [1.82, 2.24) is 0 Å². The summed E-state index contributed by atoms with van der Waals surface area (Å²) in [6.07, 6.45) is 0. The van der Waals surface area contributed by atoms with Gasteiger partial charge in [-0.25, -0.2) is 0 Å². The van der Waals surface area contributed by atoms with Crippen molar-refractivity contribution < 1.29 is 4.74 Å². The fourth-order valence-corrected chi connectivity index (χ4v) is 2.90. The molecule has 1 aliphatic rings. The molecule has 3 rings (SSSR count). The molecule has 0 bridgehead atoms. The van der Waals surface area contributed by atoms with Crippen LogP contribution in [-0.2, 0) is 0 Å². The Bertz CT molecular complexity index is 841. The molecule has 0 unspecified atom stereocenters. The van der Waals surface area contributed by atoms with Crippen LogP contribution >= 0.6 is 11.6 Å². The number of benzodiazepines with no additional fused rings is 1. The molecule has 0 spiro atoms. The third kappa shape index (κ3) is 3.97. The van der Waals surface area contributed by atoms with E-state index < -0.39 is 0 Å². The van der Waals surface area contributed by atoms with E-state index in [4.69, 9.17) is 21.7 Å². The topological polar surface area (TPSA) is 48.7 Å².